The maximum Gasteiger partial charge on any atom is 0.00957 e. The number of rotatable bonds is 3. The number of hydrogen-bond donors (Lipinski definition) is 1. The third kappa shape index (κ3) is 2.29. The molecule has 2 heteroatoms. The Morgan fingerprint density at radius 3 is 2.36 bits per heavy atom. The van der Waals surface area contributed by atoms with Crippen molar-refractivity contribution in [2.24, 2.45) is 11.8 Å². The molecule has 1 aliphatic heterocycles. The molecule has 0 aromatic rings. The van der Waals surface area contributed by atoms with Gasteiger partial charge in [-0.15, -0.1) is 0 Å². The Hall–Kier alpha value is -0.0800. The van der Waals surface area contributed by atoms with Crippen LogP contribution in [0.1, 0.15) is 32.6 Å². The van der Waals surface area contributed by atoms with E-state index in [0.29, 0.717) is 0 Å². The van der Waals surface area contributed by atoms with Gasteiger partial charge in [-0.2, -0.15) is 0 Å². The number of likely N-dealkylation sites (tertiary alicyclic amines) is 1. The zero-order chi connectivity index (χ0) is 9.97. The third-order valence-electron chi connectivity index (χ3n) is 3.98. The van der Waals surface area contributed by atoms with Gasteiger partial charge in [-0.1, -0.05) is 6.92 Å². The summed E-state index contributed by atoms with van der Waals surface area (Å²) < 4.78 is 0. The van der Waals surface area contributed by atoms with Crippen molar-refractivity contribution in [1.82, 2.24) is 10.2 Å². The summed E-state index contributed by atoms with van der Waals surface area (Å²) in [6.07, 6.45) is 5.82. The van der Waals surface area contributed by atoms with E-state index in [4.69, 9.17) is 0 Å². The molecule has 0 aromatic carbocycles. The average molecular weight is 196 g/mol. The molecular formula is C12H24N2. The van der Waals surface area contributed by atoms with Crippen molar-refractivity contribution < 1.29 is 0 Å². The van der Waals surface area contributed by atoms with Crippen LogP contribution >= 0.6 is 0 Å². The van der Waals surface area contributed by atoms with Crippen LogP contribution in [0.5, 0.6) is 0 Å². The Labute approximate surface area is 88.1 Å². The Morgan fingerprint density at radius 2 is 1.79 bits per heavy atom. The van der Waals surface area contributed by atoms with E-state index in [2.05, 4.69) is 24.2 Å². The largest absolute Gasteiger partial charge is 0.319 e. The summed E-state index contributed by atoms with van der Waals surface area (Å²) >= 11 is 0. The molecule has 0 spiro atoms. The number of nitrogens with zero attached hydrogens (tertiary/aromatic N) is 1. The van der Waals surface area contributed by atoms with Crippen molar-refractivity contribution >= 4 is 0 Å². The van der Waals surface area contributed by atoms with E-state index in [1.54, 1.807) is 0 Å². The topological polar surface area (TPSA) is 15.3 Å². The lowest BCUT2D eigenvalue weighted by Crippen LogP contribution is -2.55. The van der Waals surface area contributed by atoms with Gasteiger partial charge in [-0.3, -0.25) is 4.90 Å². The lowest BCUT2D eigenvalue weighted by molar-refractivity contribution is 0.0302. The minimum absolute atomic E-state index is 0.930. The molecule has 1 aliphatic carbocycles. The van der Waals surface area contributed by atoms with E-state index in [9.17, 15) is 0 Å². The molecule has 0 aromatic heterocycles. The maximum atomic E-state index is 3.27. The SMILES string of the molecule is CNCC1CN(C2CCC(C)CC2)C1. The van der Waals surface area contributed by atoms with E-state index in [1.807, 2.05) is 0 Å². The van der Waals surface area contributed by atoms with Crippen LogP contribution in [-0.2, 0) is 0 Å². The summed E-state index contributed by atoms with van der Waals surface area (Å²) in [5.74, 6) is 1.92. The van der Waals surface area contributed by atoms with Crippen LogP contribution in [-0.4, -0.2) is 37.6 Å². The molecule has 1 N–H and O–H groups in total. The van der Waals surface area contributed by atoms with Gasteiger partial charge in [0.15, 0.2) is 0 Å². The van der Waals surface area contributed by atoms with Crippen molar-refractivity contribution in [3.05, 3.63) is 0 Å². The van der Waals surface area contributed by atoms with E-state index >= 15 is 0 Å². The fourth-order valence-electron chi connectivity index (χ4n) is 2.93. The van der Waals surface area contributed by atoms with Crippen LogP contribution in [0.15, 0.2) is 0 Å². The van der Waals surface area contributed by atoms with Gasteiger partial charge in [-0.05, 0) is 44.6 Å². The molecule has 2 rings (SSSR count). The normalized spacial score (nSPS) is 35.6. The monoisotopic (exact) mass is 196 g/mol. The average Bonchev–Trinajstić information content (AvgIpc) is 2.13. The minimum atomic E-state index is 0.930. The van der Waals surface area contributed by atoms with Gasteiger partial charge in [0.05, 0.1) is 0 Å². The van der Waals surface area contributed by atoms with Crippen LogP contribution in [0, 0.1) is 11.8 Å². The van der Waals surface area contributed by atoms with E-state index in [1.165, 1.54) is 45.3 Å². The van der Waals surface area contributed by atoms with Gasteiger partial charge < -0.3 is 5.32 Å². The summed E-state index contributed by atoms with van der Waals surface area (Å²) in [4.78, 5) is 2.70. The highest BCUT2D eigenvalue weighted by molar-refractivity contribution is 4.88. The second-order valence-corrected chi connectivity index (χ2v) is 5.29. The molecule has 2 fully saturated rings. The first-order valence-electron chi connectivity index (χ1n) is 6.18. The molecule has 1 heterocycles. The Bertz CT molecular complexity index is 167. The first kappa shape index (κ1) is 10.4. The zero-order valence-electron chi connectivity index (χ0n) is 9.63. The molecule has 1 saturated heterocycles. The van der Waals surface area contributed by atoms with Crippen molar-refractivity contribution in [3.8, 4) is 0 Å². The Morgan fingerprint density at radius 1 is 1.14 bits per heavy atom. The quantitative estimate of drug-likeness (QED) is 0.739. The molecule has 0 atom stereocenters. The molecular weight excluding hydrogens is 172 g/mol. The molecule has 0 radical (unpaired) electrons. The van der Waals surface area contributed by atoms with Gasteiger partial charge in [0.1, 0.15) is 0 Å². The molecule has 0 amide bonds. The highest BCUT2D eigenvalue weighted by Gasteiger charge is 2.33. The van der Waals surface area contributed by atoms with Crippen molar-refractivity contribution in [2.75, 3.05) is 26.7 Å². The molecule has 1 saturated carbocycles. The minimum Gasteiger partial charge on any atom is -0.319 e. The lowest BCUT2D eigenvalue weighted by atomic mass is 9.84. The van der Waals surface area contributed by atoms with Crippen LogP contribution in [0.2, 0.25) is 0 Å². The third-order valence-corrected chi connectivity index (χ3v) is 3.98. The van der Waals surface area contributed by atoms with E-state index in [-0.39, 0.29) is 0 Å². The first-order chi connectivity index (χ1) is 6.79. The second-order valence-electron chi connectivity index (χ2n) is 5.29. The number of nitrogens with one attached hydrogen (secondary N) is 1. The molecule has 14 heavy (non-hydrogen) atoms. The zero-order valence-corrected chi connectivity index (χ0v) is 9.63. The van der Waals surface area contributed by atoms with Gasteiger partial charge in [0.2, 0.25) is 0 Å². The molecule has 2 aliphatic rings. The van der Waals surface area contributed by atoms with Crippen LogP contribution in [0.3, 0.4) is 0 Å². The maximum absolute atomic E-state index is 3.27. The fraction of sp³-hybridized carbons (Fsp3) is 1.00. The summed E-state index contributed by atoms with van der Waals surface area (Å²) in [7, 11) is 2.06. The Balaban J connectivity index is 1.67. The number of hydrogen-bond acceptors (Lipinski definition) is 2. The summed E-state index contributed by atoms with van der Waals surface area (Å²) in [6, 6.07) is 0.930. The first-order valence-corrected chi connectivity index (χ1v) is 6.18. The standard InChI is InChI=1S/C12H24N2/c1-10-3-5-12(6-4-10)14-8-11(9-14)7-13-2/h10-13H,3-9H2,1-2H3. The van der Waals surface area contributed by atoms with Crippen LogP contribution in [0.25, 0.3) is 0 Å². The van der Waals surface area contributed by atoms with Crippen molar-refractivity contribution in [1.29, 1.82) is 0 Å². The summed E-state index contributed by atoms with van der Waals surface area (Å²) in [6.45, 7) is 6.30. The van der Waals surface area contributed by atoms with Gasteiger partial charge in [0, 0.05) is 25.7 Å². The Kier molecular flexibility index (Phi) is 3.45. The second kappa shape index (κ2) is 4.63. The predicted octanol–water partition coefficient (Wildman–Crippen LogP) is 1.72. The molecule has 0 unspecified atom stereocenters. The van der Waals surface area contributed by atoms with Crippen LogP contribution < -0.4 is 5.32 Å². The fourth-order valence-corrected chi connectivity index (χ4v) is 2.93. The highest BCUT2D eigenvalue weighted by Crippen LogP contribution is 2.30. The highest BCUT2D eigenvalue weighted by atomic mass is 15.2. The summed E-state index contributed by atoms with van der Waals surface area (Å²) in [5.41, 5.74) is 0. The van der Waals surface area contributed by atoms with Crippen LogP contribution in [0.4, 0.5) is 0 Å². The van der Waals surface area contributed by atoms with E-state index in [0.717, 1.165) is 17.9 Å². The summed E-state index contributed by atoms with van der Waals surface area (Å²) in [5, 5.41) is 3.27. The van der Waals surface area contributed by atoms with Gasteiger partial charge in [-0.25, -0.2) is 0 Å². The molecule has 0 bridgehead atoms. The van der Waals surface area contributed by atoms with Gasteiger partial charge in [0.25, 0.3) is 0 Å². The smallest absolute Gasteiger partial charge is 0.00957 e. The molecule has 82 valence electrons. The van der Waals surface area contributed by atoms with Crippen molar-refractivity contribution in [2.45, 2.75) is 38.6 Å². The van der Waals surface area contributed by atoms with E-state index < -0.39 is 0 Å². The predicted molar refractivity (Wildman–Crippen MR) is 60.4 cm³/mol. The van der Waals surface area contributed by atoms with Gasteiger partial charge >= 0.3 is 0 Å². The lowest BCUT2D eigenvalue weighted by Gasteiger charge is -2.46. The van der Waals surface area contributed by atoms with Crippen molar-refractivity contribution in [3.63, 3.8) is 0 Å². The molecule has 2 nitrogen and oxygen atoms in total.